The lowest BCUT2D eigenvalue weighted by Gasteiger charge is -2.27. The summed E-state index contributed by atoms with van der Waals surface area (Å²) in [7, 11) is 0. The minimum atomic E-state index is 0.334. The molecule has 4 rings (SSSR count). The topological polar surface area (TPSA) is 103 Å². The summed E-state index contributed by atoms with van der Waals surface area (Å²) in [6, 6.07) is 5.09. The molecule has 0 aliphatic heterocycles. The van der Waals surface area contributed by atoms with Crippen LogP contribution >= 0.6 is 0 Å². The number of hydrogen-bond acceptors (Lipinski definition) is 7. The highest BCUT2D eigenvalue weighted by Gasteiger charge is 2.19. The van der Waals surface area contributed by atoms with E-state index in [2.05, 4.69) is 34.1 Å². The lowest BCUT2D eigenvalue weighted by molar-refractivity contribution is 0.268. The molecule has 8 heteroatoms. The number of nitrogens with one attached hydrogen (secondary N) is 1. The molecule has 0 spiro atoms. The Labute approximate surface area is 170 Å². The van der Waals surface area contributed by atoms with Crippen LogP contribution in [0.25, 0.3) is 16.9 Å². The Balaban J connectivity index is 1.48. The van der Waals surface area contributed by atoms with Crippen LogP contribution in [0.3, 0.4) is 0 Å². The number of nitrogens with zero attached hydrogens (tertiary/aromatic N) is 5. The van der Waals surface area contributed by atoms with Gasteiger partial charge < -0.3 is 15.8 Å². The van der Waals surface area contributed by atoms with Crippen molar-refractivity contribution in [3.63, 3.8) is 0 Å². The number of hydrogen-bond donors (Lipinski definition) is 2. The Bertz CT molecular complexity index is 930. The smallest absolute Gasteiger partial charge is 0.316 e. The molecule has 0 aromatic carbocycles. The third-order valence-electron chi connectivity index (χ3n) is 5.34. The maximum atomic E-state index is 6.01. The number of ether oxygens (including phenoxy) is 1. The zero-order valence-electron chi connectivity index (χ0n) is 17.1. The van der Waals surface area contributed by atoms with Crippen LogP contribution in [0.1, 0.15) is 46.0 Å². The predicted molar refractivity (Wildman–Crippen MR) is 113 cm³/mol. The average Bonchev–Trinajstić information content (AvgIpc) is 3.13. The Hall–Kier alpha value is -2.74. The maximum Gasteiger partial charge on any atom is 0.316 e. The van der Waals surface area contributed by atoms with Crippen molar-refractivity contribution in [2.24, 2.45) is 11.7 Å². The fourth-order valence-corrected chi connectivity index (χ4v) is 3.53. The predicted octanol–water partition coefficient (Wildman–Crippen LogP) is 3.29. The standard InChI is InChI=1S/C21H29N7O/c1-14(2)9-10-29-21-24-11-15(12-25-21)18-13-23-20-8-7-19(27-28(18)20)26-17-5-3-16(22)4-6-17/h7-8,11-14,16-17H,3-6,9-10,22H2,1-2H3,(H,26,27)/t16-,17-. The van der Waals surface area contributed by atoms with Crippen LogP contribution in [0.2, 0.25) is 0 Å². The first-order valence-corrected chi connectivity index (χ1v) is 10.4. The van der Waals surface area contributed by atoms with E-state index in [-0.39, 0.29) is 0 Å². The zero-order chi connectivity index (χ0) is 20.2. The van der Waals surface area contributed by atoms with Gasteiger partial charge in [0, 0.05) is 30.0 Å². The third kappa shape index (κ3) is 4.82. The first-order valence-electron chi connectivity index (χ1n) is 10.4. The van der Waals surface area contributed by atoms with Crippen LogP contribution < -0.4 is 15.8 Å². The molecule has 0 radical (unpaired) electrons. The molecule has 1 fully saturated rings. The second kappa shape index (κ2) is 8.73. The second-order valence-electron chi connectivity index (χ2n) is 8.17. The van der Waals surface area contributed by atoms with Gasteiger partial charge in [0.25, 0.3) is 0 Å². The van der Waals surface area contributed by atoms with Crippen molar-refractivity contribution in [3.05, 3.63) is 30.7 Å². The SMILES string of the molecule is CC(C)CCOc1ncc(-c2cnc3ccc(N[C@H]4CC[C@H](N)CC4)nn23)cn1. The van der Waals surface area contributed by atoms with Gasteiger partial charge >= 0.3 is 6.01 Å². The molecular formula is C21H29N7O. The maximum absolute atomic E-state index is 6.01. The number of fused-ring (bicyclic) bond motifs is 1. The fraction of sp³-hybridized carbons (Fsp3) is 0.524. The van der Waals surface area contributed by atoms with Gasteiger partial charge in [0.15, 0.2) is 5.65 Å². The molecule has 3 aromatic rings. The number of rotatable bonds is 7. The Morgan fingerprint density at radius 1 is 1.10 bits per heavy atom. The molecule has 3 N–H and O–H groups in total. The zero-order valence-corrected chi connectivity index (χ0v) is 17.1. The van der Waals surface area contributed by atoms with Gasteiger partial charge in [-0.1, -0.05) is 13.8 Å². The number of nitrogens with two attached hydrogens (primary N) is 1. The molecule has 0 saturated heterocycles. The van der Waals surface area contributed by atoms with E-state index in [1.165, 1.54) is 0 Å². The van der Waals surface area contributed by atoms with E-state index in [4.69, 9.17) is 15.6 Å². The molecule has 1 aliphatic rings. The third-order valence-corrected chi connectivity index (χ3v) is 5.34. The highest BCUT2D eigenvalue weighted by molar-refractivity contribution is 5.62. The monoisotopic (exact) mass is 395 g/mol. The molecule has 154 valence electrons. The van der Waals surface area contributed by atoms with Crippen LogP contribution in [0.5, 0.6) is 6.01 Å². The molecule has 0 unspecified atom stereocenters. The molecule has 1 saturated carbocycles. The first-order chi connectivity index (χ1) is 14.1. The first kappa shape index (κ1) is 19.6. The van der Waals surface area contributed by atoms with Crippen LogP contribution in [0.15, 0.2) is 30.7 Å². The molecule has 1 aliphatic carbocycles. The Morgan fingerprint density at radius 2 is 1.86 bits per heavy atom. The van der Waals surface area contributed by atoms with Crippen molar-refractivity contribution in [2.45, 2.75) is 58.0 Å². The molecule has 0 bridgehead atoms. The minimum Gasteiger partial charge on any atom is -0.463 e. The van der Waals surface area contributed by atoms with Crippen LogP contribution in [-0.4, -0.2) is 43.3 Å². The molecule has 0 amide bonds. The van der Waals surface area contributed by atoms with Gasteiger partial charge in [0.2, 0.25) is 0 Å². The number of anilines is 1. The summed E-state index contributed by atoms with van der Waals surface area (Å²) in [6.45, 7) is 4.95. The highest BCUT2D eigenvalue weighted by Crippen LogP contribution is 2.23. The normalized spacial score (nSPS) is 19.6. The van der Waals surface area contributed by atoms with Crippen molar-refractivity contribution >= 4 is 11.5 Å². The molecule has 3 aromatic heterocycles. The largest absolute Gasteiger partial charge is 0.463 e. The van der Waals surface area contributed by atoms with E-state index in [1.54, 1.807) is 18.6 Å². The van der Waals surface area contributed by atoms with Gasteiger partial charge in [0.05, 0.1) is 18.5 Å². The molecule has 3 heterocycles. The average molecular weight is 396 g/mol. The van der Waals surface area contributed by atoms with Crippen molar-refractivity contribution < 1.29 is 4.74 Å². The Kier molecular flexibility index (Phi) is 5.89. The summed E-state index contributed by atoms with van der Waals surface area (Å²) in [4.78, 5) is 13.1. The van der Waals surface area contributed by atoms with Gasteiger partial charge in [-0.3, -0.25) is 0 Å². The van der Waals surface area contributed by atoms with Gasteiger partial charge in [-0.05, 0) is 50.2 Å². The second-order valence-corrected chi connectivity index (χ2v) is 8.17. The van der Waals surface area contributed by atoms with E-state index < -0.39 is 0 Å². The summed E-state index contributed by atoms with van der Waals surface area (Å²) in [6.07, 6.45) is 10.5. The lowest BCUT2D eigenvalue weighted by atomic mass is 9.92. The van der Waals surface area contributed by atoms with E-state index in [0.717, 1.165) is 54.8 Å². The summed E-state index contributed by atoms with van der Waals surface area (Å²) < 4.78 is 7.44. The fourth-order valence-electron chi connectivity index (χ4n) is 3.53. The van der Waals surface area contributed by atoms with Crippen molar-refractivity contribution in [1.29, 1.82) is 0 Å². The van der Waals surface area contributed by atoms with Gasteiger partial charge in [-0.25, -0.2) is 19.5 Å². The van der Waals surface area contributed by atoms with E-state index in [1.807, 2.05) is 16.6 Å². The van der Waals surface area contributed by atoms with Crippen LogP contribution in [0.4, 0.5) is 5.82 Å². The van der Waals surface area contributed by atoms with Crippen molar-refractivity contribution in [1.82, 2.24) is 24.6 Å². The van der Waals surface area contributed by atoms with Crippen molar-refractivity contribution in [2.75, 3.05) is 11.9 Å². The molecule has 0 atom stereocenters. The number of imidazole rings is 1. The van der Waals surface area contributed by atoms with Gasteiger partial charge in [-0.2, -0.15) is 0 Å². The van der Waals surface area contributed by atoms with Crippen molar-refractivity contribution in [3.8, 4) is 17.3 Å². The van der Waals surface area contributed by atoms with Gasteiger partial charge in [0.1, 0.15) is 5.82 Å². The highest BCUT2D eigenvalue weighted by atomic mass is 16.5. The van der Waals surface area contributed by atoms with Crippen LogP contribution in [-0.2, 0) is 0 Å². The van der Waals surface area contributed by atoms with Crippen LogP contribution in [0, 0.1) is 5.92 Å². The molecule has 8 nitrogen and oxygen atoms in total. The quantitative estimate of drug-likeness (QED) is 0.632. The summed E-state index contributed by atoms with van der Waals surface area (Å²) in [5, 5.41) is 8.28. The summed E-state index contributed by atoms with van der Waals surface area (Å²) >= 11 is 0. The molecular weight excluding hydrogens is 366 g/mol. The lowest BCUT2D eigenvalue weighted by Crippen LogP contribution is -2.33. The van der Waals surface area contributed by atoms with E-state index in [0.29, 0.717) is 30.6 Å². The summed E-state index contributed by atoms with van der Waals surface area (Å²) in [5.41, 5.74) is 8.49. The molecule has 29 heavy (non-hydrogen) atoms. The van der Waals surface area contributed by atoms with E-state index >= 15 is 0 Å². The number of aromatic nitrogens is 5. The Morgan fingerprint density at radius 3 is 2.59 bits per heavy atom. The minimum absolute atomic E-state index is 0.334. The van der Waals surface area contributed by atoms with E-state index in [9.17, 15) is 0 Å². The van der Waals surface area contributed by atoms with Gasteiger partial charge in [-0.15, -0.1) is 5.10 Å². The summed E-state index contributed by atoms with van der Waals surface area (Å²) in [5.74, 6) is 1.43.